The third-order valence-corrected chi connectivity index (χ3v) is 4.33. The number of hydrogen-bond acceptors (Lipinski definition) is 6. The average molecular weight is 412 g/mol. The van der Waals surface area contributed by atoms with Crippen molar-refractivity contribution in [2.24, 2.45) is 0 Å². The van der Waals surface area contributed by atoms with E-state index >= 15 is 0 Å². The van der Waals surface area contributed by atoms with E-state index in [9.17, 15) is 9.59 Å². The Hall–Kier alpha value is -3.28. The van der Waals surface area contributed by atoms with E-state index < -0.39 is 5.97 Å². The minimum atomic E-state index is -0.425. The Labute approximate surface area is 177 Å². The lowest BCUT2D eigenvalue weighted by Crippen LogP contribution is -2.08. The highest BCUT2D eigenvalue weighted by Gasteiger charge is 2.09. The summed E-state index contributed by atoms with van der Waals surface area (Å²) in [6, 6.07) is 13.7. The Kier molecular flexibility index (Phi) is 10.00. The van der Waals surface area contributed by atoms with Crippen LogP contribution in [0, 0.1) is 0 Å². The highest BCUT2D eigenvalue weighted by molar-refractivity contribution is 5.91. The molecule has 0 heterocycles. The maximum atomic E-state index is 12.2. The lowest BCUT2D eigenvalue weighted by molar-refractivity contribution is -0.137. The standard InChI is InChI=1S/C24H28O6/c1-3-23(25)29-18-8-6-4-5-7-17-28-21-11-9-19(10-12-21)24(26)30-22-15-13-20(27-2)14-16-22/h3,9-16H,1,4-8,17-18H2,2H3. The summed E-state index contributed by atoms with van der Waals surface area (Å²) in [5, 5.41) is 0. The van der Waals surface area contributed by atoms with E-state index in [1.165, 1.54) is 6.08 Å². The molecule has 0 aliphatic heterocycles. The molecule has 0 aliphatic carbocycles. The highest BCUT2D eigenvalue weighted by Crippen LogP contribution is 2.19. The summed E-state index contributed by atoms with van der Waals surface area (Å²) in [6.45, 7) is 4.41. The van der Waals surface area contributed by atoms with Crippen LogP contribution in [0.2, 0.25) is 0 Å². The van der Waals surface area contributed by atoms with Gasteiger partial charge in [-0.1, -0.05) is 25.8 Å². The molecule has 2 aromatic carbocycles. The fourth-order valence-electron chi connectivity index (χ4n) is 2.65. The molecule has 0 unspecified atom stereocenters. The molecule has 0 spiro atoms. The van der Waals surface area contributed by atoms with Crippen LogP contribution in [0.4, 0.5) is 0 Å². The number of unbranched alkanes of at least 4 members (excludes halogenated alkanes) is 4. The van der Waals surface area contributed by atoms with Gasteiger partial charge in [0.1, 0.15) is 17.2 Å². The lowest BCUT2D eigenvalue weighted by Gasteiger charge is -2.08. The normalized spacial score (nSPS) is 10.2. The maximum absolute atomic E-state index is 12.2. The van der Waals surface area contributed by atoms with Crippen molar-refractivity contribution in [2.45, 2.75) is 32.1 Å². The van der Waals surface area contributed by atoms with E-state index in [1.54, 1.807) is 55.6 Å². The third-order valence-electron chi connectivity index (χ3n) is 4.33. The second-order valence-electron chi connectivity index (χ2n) is 6.58. The Morgan fingerprint density at radius 2 is 1.37 bits per heavy atom. The lowest BCUT2D eigenvalue weighted by atomic mass is 10.1. The van der Waals surface area contributed by atoms with Crippen molar-refractivity contribution in [3.05, 3.63) is 66.7 Å². The van der Waals surface area contributed by atoms with Crippen LogP contribution in [0.15, 0.2) is 61.2 Å². The highest BCUT2D eigenvalue weighted by atomic mass is 16.5. The zero-order valence-corrected chi connectivity index (χ0v) is 17.3. The summed E-state index contributed by atoms with van der Waals surface area (Å²) in [5.74, 6) is 1.08. The van der Waals surface area contributed by atoms with E-state index in [0.717, 1.165) is 32.1 Å². The van der Waals surface area contributed by atoms with Crippen molar-refractivity contribution < 1.29 is 28.5 Å². The summed E-state index contributed by atoms with van der Waals surface area (Å²) >= 11 is 0. The van der Waals surface area contributed by atoms with E-state index in [2.05, 4.69) is 6.58 Å². The van der Waals surface area contributed by atoms with Crippen LogP contribution in [0.5, 0.6) is 17.2 Å². The van der Waals surface area contributed by atoms with Crippen LogP contribution in [-0.2, 0) is 9.53 Å². The van der Waals surface area contributed by atoms with Gasteiger partial charge in [-0.2, -0.15) is 0 Å². The van der Waals surface area contributed by atoms with Gasteiger partial charge in [-0.25, -0.2) is 9.59 Å². The minimum absolute atomic E-state index is 0.372. The van der Waals surface area contributed by atoms with Gasteiger partial charge < -0.3 is 18.9 Å². The number of benzene rings is 2. The molecule has 0 radical (unpaired) electrons. The summed E-state index contributed by atoms with van der Waals surface area (Å²) in [5.41, 5.74) is 0.454. The van der Waals surface area contributed by atoms with Gasteiger partial charge in [0, 0.05) is 6.08 Å². The molecule has 2 rings (SSSR count). The van der Waals surface area contributed by atoms with Crippen molar-refractivity contribution in [1.82, 2.24) is 0 Å². The largest absolute Gasteiger partial charge is 0.497 e. The molecule has 0 saturated carbocycles. The van der Waals surface area contributed by atoms with Gasteiger partial charge in [0.25, 0.3) is 0 Å². The predicted octanol–water partition coefficient (Wildman–Crippen LogP) is 4.97. The topological polar surface area (TPSA) is 71.1 Å². The van der Waals surface area contributed by atoms with E-state index in [-0.39, 0.29) is 5.97 Å². The molecule has 0 fully saturated rings. The Balaban J connectivity index is 1.61. The van der Waals surface area contributed by atoms with Crippen molar-refractivity contribution in [3.8, 4) is 17.2 Å². The fraction of sp³-hybridized carbons (Fsp3) is 0.333. The average Bonchev–Trinajstić information content (AvgIpc) is 2.78. The zero-order valence-electron chi connectivity index (χ0n) is 17.3. The van der Waals surface area contributed by atoms with Crippen molar-refractivity contribution in [1.29, 1.82) is 0 Å². The van der Waals surface area contributed by atoms with E-state index in [0.29, 0.717) is 36.0 Å². The Morgan fingerprint density at radius 1 is 0.800 bits per heavy atom. The molecule has 2 aromatic rings. The molecule has 6 nitrogen and oxygen atoms in total. The van der Waals surface area contributed by atoms with Gasteiger partial charge in [-0.3, -0.25) is 0 Å². The summed E-state index contributed by atoms with van der Waals surface area (Å²) in [7, 11) is 1.58. The second-order valence-corrected chi connectivity index (χ2v) is 6.58. The SMILES string of the molecule is C=CC(=O)OCCCCCCCOc1ccc(C(=O)Oc2ccc(OC)cc2)cc1. The minimum Gasteiger partial charge on any atom is -0.497 e. The molecule has 0 aliphatic rings. The number of hydrogen-bond donors (Lipinski definition) is 0. The van der Waals surface area contributed by atoms with E-state index in [4.69, 9.17) is 18.9 Å². The first-order valence-electron chi connectivity index (χ1n) is 10.0. The van der Waals surface area contributed by atoms with Crippen LogP contribution in [-0.4, -0.2) is 32.3 Å². The van der Waals surface area contributed by atoms with Gasteiger partial charge in [0.2, 0.25) is 0 Å². The molecule has 0 N–H and O–H groups in total. The van der Waals surface area contributed by atoms with Crippen LogP contribution in [0.1, 0.15) is 42.5 Å². The van der Waals surface area contributed by atoms with Crippen LogP contribution in [0.25, 0.3) is 0 Å². The number of methoxy groups -OCH3 is 1. The fourth-order valence-corrected chi connectivity index (χ4v) is 2.65. The molecular formula is C24H28O6. The van der Waals surface area contributed by atoms with Crippen molar-refractivity contribution >= 4 is 11.9 Å². The number of ether oxygens (including phenoxy) is 4. The predicted molar refractivity (Wildman–Crippen MR) is 114 cm³/mol. The zero-order chi connectivity index (χ0) is 21.6. The molecule has 0 amide bonds. The van der Waals surface area contributed by atoms with Crippen LogP contribution < -0.4 is 14.2 Å². The number of rotatable bonds is 13. The van der Waals surface area contributed by atoms with Crippen LogP contribution in [0.3, 0.4) is 0 Å². The number of carbonyl (C=O) groups is 2. The smallest absolute Gasteiger partial charge is 0.343 e. The number of esters is 2. The summed E-state index contributed by atoms with van der Waals surface area (Å²) < 4.78 is 21.1. The molecule has 0 saturated heterocycles. The quantitative estimate of drug-likeness (QED) is 0.200. The Morgan fingerprint density at radius 3 is 2.00 bits per heavy atom. The third kappa shape index (κ3) is 8.39. The maximum Gasteiger partial charge on any atom is 0.343 e. The first-order valence-corrected chi connectivity index (χ1v) is 10.0. The van der Waals surface area contributed by atoms with E-state index in [1.807, 2.05) is 0 Å². The molecule has 6 heteroatoms. The molecule has 0 atom stereocenters. The first-order chi connectivity index (χ1) is 14.6. The van der Waals surface area contributed by atoms with Gasteiger partial charge >= 0.3 is 11.9 Å². The van der Waals surface area contributed by atoms with Gasteiger partial charge in [0.05, 0.1) is 25.9 Å². The van der Waals surface area contributed by atoms with Gasteiger partial charge in [0.15, 0.2) is 0 Å². The summed E-state index contributed by atoms with van der Waals surface area (Å²) in [6.07, 6.45) is 6.08. The second kappa shape index (κ2) is 13.0. The number of carbonyl (C=O) groups excluding carboxylic acids is 2. The molecule has 30 heavy (non-hydrogen) atoms. The molecule has 0 bridgehead atoms. The molecule has 0 aromatic heterocycles. The summed E-state index contributed by atoms with van der Waals surface area (Å²) in [4.78, 5) is 23.1. The monoisotopic (exact) mass is 412 g/mol. The molecular weight excluding hydrogens is 384 g/mol. The van der Waals surface area contributed by atoms with Gasteiger partial charge in [-0.15, -0.1) is 0 Å². The van der Waals surface area contributed by atoms with Crippen molar-refractivity contribution in [3.63, 3.8) is 0 Å². The molecule has 160 valence electrons. The van der Waals surface area contributed by atoms with Crippen LogP contribution >= 0.6 is 0 Å². The first kappa shape index (κ1) is 23.0. The van der Waals surface area contributed by atoms with Crippen molar-refractivity contribution in [2.75, 3.05) is 20.3 Å². The Bertz CT molecular complexity index is 795. The van der Waals surface area contributed by atoms with Gasteiger partial charge in [-0.05, 0) is 61.4 Å².